The average molecular weight is 207 g/mol. The van der Waals surface area contributed by atoms with Gasteiger partial charge in [-0.3, -0.25) is 0 Å². The van der Waals surface area contributed by atoms with Crippen LogP contribution in [0.3, 0.4) is 0 Å². The molecule has 0 bridgehead atoms. The van der Waals surface area contributed by atoms with Gasteiger partial charge in [-0.25, -0.2) is 0 Å². The third-order valence-electron chi connectivity index (χ3n) is 1.84. The van der Waals surface area contributed by atoms with Crippen LogP contribution in [0.5, 0.6) is 0 Å². The Morgan fingerprint density at radius 3 is 3.00 bits per heavy atom. The highest BCUT2D eigenvalue weighted by Gasteiger charge is 2.12. The van der Waals surface area contributed by atoms with Crippen LogP contribution in [0.2, 0.25) is 0 Å². The van der Waals surface area contributed by atoms with Gasteiger partial charge in [0.05, 0.1) is 5.37 Å². The molecule has 1 aliphatic rings. The molecule has 0 saturated carbocycles. The second-order valence-electron chi connectivity index (χ2n) is 2.93. The van der Waals surface area contributed by atoms with Crippen LogP contribution in [-0.4, -0.2) is 29.4 Å². The second-order valence-corrected chi connectivity index (χ2v) is 5.62. The minimum absolute atomic E-state index is 0.325. The van der Waals surface area contributed by atoms with Crippen molar-refractivity contribution in [2.24, 2.45) is 0 Å². The number of rotatable bonds is 5. The van der Waals surface area contributed by atoms with Gasteiger partial charge in [0, 0.05) is 12.4 Å². The highest BCUT2D eigenvalue weighted by molar-refractivity contribution is 8.76. The van der Waals surface area contributed by atoms with E-state index in [2.05, 4.69) is 5.32 Å². The zero-order valence-corrected chi connectivity index (χ0v) is 8.92. The molecule has 1 fully saturated rings. The molecular weight excluding hydrogens is 190 g/mol. The molecule has 4 heteroatoms. The number of piperidine rings is 1. The van der Waals surface area contributed by atoms with Gasteiger partial charge in [0.15, 0.2) is 0 Å². The normalized spacial score (nSPS) is 24.2. The first-order chi connectivity index (χ1) is 5.93. The highest BCUT2D eigenvalue weighted by atomic mass is 33.1. The Morgan fingerprint density at radius 1 is 1.42 bits per heavy atom. The van der Waals surface area contributed by atoms with Crippen molar-refractivity contribution in [3.63, 3.8) is 0 Å². The number of hydrogen-bond donors (Lipinski definition) is 2. The van der Waals surface area contributed by atoms with Gasteiger partial charge < -0.3 is 10.4 Å². The van der Waals surface area contributed by atoms with E-state index in [0.29, 0.717) is 12.0 Å². The molecule has 12 heavy (non-hydrogen) atoms. The van der Waals surface area contributed by atoms with Crippen LogP contribution in [0.1, 0.15) is 25.7 Å². The van der Waals surface area contributed by atoms with Crippen molar-refractivity contribution in [1.29, 1.82) is 0 Å². The lowest BCUT2D eigenvalue weighted by Crippen LogP contribution is -2.30. The molecule has 1 heterocycles. The molecular formula is C8H17NOS2. The summed E-state index contributed by atoms with van der Waals surface area (Å²) in [4.78, 5) is 0. The van der Waals surface area contributed by atoms with Crippen molar-refractivity contribution >= 4 is 21.6 Å². The maximum atomic E-state index is 8.57. The van der Waals surface area contributed by atoms with Gasteiger partial charge in [0.1, 0.15) is 0 Å². The number of aliphatic hydroxyl groups excluding tert-OH is 1. The van der Waals surface area contributed by atoms with E-state index in [0.717, 1.165) is 12.2 Å². The summed E-state index contributed by atoms with van der Waals surface area (Å²) < 4.78 is 0. The third kappa shape index (κ3) is 4.60. The van der Waals surface area contributed by atoms with E-state index in [9.17, 15) is 0 Å². The molecule has 1 atom stereocenters. The molecule has 72 valence electrons. The summed E-state index contributed by atoms with van der Waals surface area (Å²) in [5.74, 6) is 1.07. The fourth-order valence-corrected chi connectivity index (χ4v) is 3.74. The SMILES string of the molecule is OCCCSSC1CCCCN1. The minimum atomic E-state index is 0.325. The van der Waals surface area contributed by atoms with Gasteiger partial charge in [-0.1, -0.05) is 21.6 Å². The van der Waals surface area contributed by atoms with Crippen molar-refractivity contribution < 1.29 is 5.11 Å². The van der Waals surface area contributed by atoms with Crippen molar-refractivity contribution in [2.75, 3.05) is 18.9 Å². The van der Waals surface area contributed by atoms with Gasteiger partial charge in [-0.2, -0.15) is 0 Å². The Balaban J connectivity index is 1.91. The van der Waals surface area contributed by atoms with Gasteiger partial charge in [-0.15, -0.1) is 0 Å². The summed E-state index contributed by atoms with van der Waals surface area (Å²) in [6, 6.07) is 0. The largest absolute Gasteiger partial charge is 0.396 e. The molecule has 2 N–H and O–H groups in total. The zero-order chi connectivity index (χ0) is 8.65. The van der Waals surface area contributed by atoms with Gasteiger partial charge >= 0.3 is 0 Å². The van der Waals surface area contributed by atoms with E-state index >= 15 is 0 Å². The van der Waals surface area contributed by atoms with Gasteiger partial charge in [0.2, 0.25) is 0 Å². The van der Waals surface area contributed by atoms with E-state index in [1.54, 1.807) is 0 Å². The Labute approximate surface area is 82.3 Å². The quantitative estimate of drug-likeness (QED) is 0.532. The van der Waals surface area contributed by atoms with E-state index in [4.69, 9.17) is 5.11 Å². The second kappa shape index (κ2) is 7.06. The third-order valence-corrected chi connectivity index (χ3v) is 4.67. The maximum absolute atomic E-state index is 8.57. The molecule has 2 nitrogen and oxygen atoms in total. The Kier molecular flexibility index (Phi) is 6.30. The van der Waals surface area contributed by atoms with E-state index in [1.165, 1.54) is 25.8 Å². The first-order valence-corrected chi connectivity index (χ1v) is 6.94. The number of hydrogen-bond acceptors (Lipinski definition) is 4. The molecule has 0 radical (unpaired) electrons. The number of aliphatic hydroxyl groups is 1. The van der Waals surface area contributed by atoms with Crippen molar-refractivity contribution in [3.8, 4) is 0 Å². The van der Waals surface area contributed by atoms with Crippen molar-refractivity contribution in [3.05, 3.63) is 0 Å². The predicted molar refractivity (Wildman–Crippen MR) is 57.4 cm³/mol. The Bertz CT molecular complexity index is 107. The minimum Gasteiger partial charge on any atom is -0.396 e. The topological polar surface area (TPSA) is 32.3 Å². The van der Waals surface area contributed by atoms with Crippen LogP contribution in [0, 0.1) is 0 Å². The van der Waals surface area contributed by atoms with Gasteiger partial charge in [-0.05, 0) is 32.2 Å². The monoisotopic (exact) mass is 207 g/mol. The Hall–Kier alpha value is 0.620. The summed E-state index contributed by atoms with van der Waals surface area (Å²) in [5, 5.41) is 12.7. The summed E-state index contributed by atoms with van der Waals surface area (Å²) in [7, 11) is 3.81. The van der Waals surface area contributed by atoms with E-state index in [1.807, 2.05) is 21.6 Å². The summed E-state index contributed by atoms with van der Waals surface area (Å²) in [5.41, 5.74) is 0. The number of nitrogens with one attached hydrogen (secondary N) is 1. The molecule has 0 spiro atoms. The van der Waals surface area contributed by atoms with Crippen LogP contribution in [0.15, 0.2) is 0 Å². The van der Waals surface area contributed by atoms with Gasteiger partial charge in [0.25, 0.3) is 0 Å². The van der Waals surface area contributed by atoms with Crippen molar-refractivity contribution in [2.45, 2.75) is 31.1 Å². The Morgan fingerprint density at radius 2 is 2.33 bits per heavy atom. The highest BCUT2D eigenvalue weighted by Crippen LogP contribution is 2.30. The molecule has 0 aromatic rings. The smallest absolute Gasteiger partial charge is 0.0636 e. The summed E-state index contributed by atoms with van der Waals surface area (Å²) >= 11 is 0. The molecule has 1 rings (SSSR count). The molecule has 1 saturated heterocycles. The molecule has 0 aromatic carbocycles. The van der Waals surface area contributed by atoms with Crippen LogP contribution in [0.25, 0.3) is 0 Å². The lowest BCUT2D eigenvalue weighted by atomic mass is 10.2. The zero-order valence-electron chi connectivity index (χ0n) is 7.29. The van der Waals surface area contributed by atoms with E-state index in [-0.39, 0.29) is 0 Å². The molecule has 1 unspecified atom stereocenters. The lowest BCUT2D eigenvalue weighted by molar-refractivity contribution is 0.296. The fraction of sp³-hybridized carbons (Fsp3) is 1.00. The van der Waals surface area contributed by atoms with E-state index < -0.39 is 0 Å². The molecule has 0 amide bonds. The van der Waals surface area contributed by atoms with Crippen LogP contribution in [0.4, 0.5) is 0 Å². The fourth-order valence-electron chi connectivity index (χ4n) is 1.16. The molecule has 0 aromatic heterocycles. The lowest BCUT2D eigenvalue weighted by Gasteiger charge is -2.21. The van der Waals surface area contributed by atoms with Crippen LogP contribution in [-0.2, 0) is 0 Å². The standard InChI is InChI=1S/C8H17NOS2/c10-6-3-7-11-12-8-4-1-2-5-9-8/h8-10H,1-7H2. The molecule has 0 aliphatic carbocycles. The molecule has 1 aliphatic heterocycles. The maximum Gasteiger partial charge on any atom is 0.0636 e. The van der Waals surface area contributed by atoms with Crippen LogP contribution < -0.4 is 5.32 Å². The summed E-state index contributed by atoms with van der Waals surface area (Å²) in [6.07, 6.45) is 4.92. The van der Waals surface area contributed by atoms with Crippen LogP contribution >= 0.6 is 21.6 Å². The summed E-state index contributed by atoms with van der Waals surface area (Å²) in [6.45, 7) is 1.50. The predicted octanol–water partition coefficient (Wildman–Crippen LogP) is 1.85. The average Bonchev–Trinajstić information content (AvgIpc) is 2.14. The first kappa shape index (κ1) is 10.7. The van der Waals surface area contributed by atoms with Crippen molar-refractivity contribution in [1.82, 2.24) is 5.32 Å². The first-order valence-electron chi connectivity index (χ1n) is 4.56.